The number of halogens is 1. The minimum absolute atomic E-state index is 0.0266. The van der Waals surface area contributed by atoms with Gasteiger partial charge in [0, 0.05) is 12.2 Å². The molecule has 1 N–H and O–H groups in total. The van der Waals surface area contributed by atoms with Crippen molar-refractivity contribution in [2.45, 2.75) is 38.1 Å². The number of fused-ring (bicyclic) bond motifs is 1. The van der Waals surface area contributed by atoms with E-state index in [2.05, 4.69) is 35.6 Å². The number of nitrogens with one attached hydrogen (secondary N) is 1. The number of alkyl halides is 1. The lowest BCUT2D eigenvalue weighted by Crippen LogP contribution is -2.03. The monoisotopic (exact) mass is 285 g/mol. The topological polar surface area (TPSA) is 12.0 Å². The maximum absolute atomic E-state index is 6.23. The number of aryl methyl sites for hydroxylation is 2. The Morgan fingerprint density at radius 1 is 1.10 bits per heavy atom. The number of benzene rings is 2. The summed E-state index contributed by atoms with van der Waals surface area (Å²) in [6.07, 6.45) is 3.78. The minimum atomic E-state index is 0.0266. The summed E-state index contributed by atoms with van der Waals surface area (Å²) >= 11 is 6.23. The molecule has 3 rings (SSSR count). The van der Waals surface area contributed by atoms with Gasteiger partial charge in [-0.05, 0) is 54.5 Å². The van der Waals surface area contributed by atoms with Gasteiger partial charge in [-0.15, -0.1) is 11.6 Å². The van der Waals surface area contributed by atoms with Crippen LogP contribution in [0.3, 0.4) is 0 Å². The van der Waals surface area contributed by atoms with E-state index in [0.717, 1.165) is 17.8 Å². The molecule has 1 aliphatic carbocycles. The number of rotatable bonds is 4. The Hall–Kier alpha value is -1.47. The summed E-state index contributed by atoms with van der Waals surface area (Å²) in [5.74, 6) is 0. The lowest BCUT2D eigenvalue weighted by molar-refractivity contribution is 0.911. The molecule has 1 atom stereocenters. The lowest BCUT2D eigenvalue weighted by Gasteiger charge is -2.14. The predicted octanol–water partition coefficient (Wildman–Crippen LogP) is 5.09. The van der Waals surface area contributed by atoms with Crippen molar-refractivity contribution < 1.29 is 0 Å². The highest BCUT2D eigenvalue weighted by molar-refractivity contribution is 6.21. The summed E-state index contributed by atoms with van der Waals surface area (Å²) < 4.78 is 0. The van der Waals surface area contributed by atoms with E-state index in [9.17, 15) is 0 Å². The van der Waals surface area contributed by atoms with E-state index < -0.39 is 0 Å². The van der Waals surface area contributed by atoms with Crippen LogP contribution in [0.25, 0.3) is 0 Å². The zero-order chi connectivity index (χ0) is 13.9. The Kier molecular flexibility index (Phi) is 3.98. The van der Waals surface area contributed by atoms with Crippen LogP contribution in [0.15, 0.2) is 42.5 Å². The van der Waals surface area contributed by atoms with Gasteiger partial charge < -0.3 is 5.32 Å². The van der Waals surface area contributed by atoms with Crippen molar-refractivity contribution in [2.24, 2.45) is 0 Å². The normalized spacial score (nSPS) is 14.9. The Labute approximate surface area is 126 Å². The highest BCUT2D eigenvalue weighted by Gasteiger charge is 2.11. The second kappa shape index (κ2) is 5.88. The van der Waals surface area contributed by atoms with Crippen LogP contribution >= 0.6 is 11.6 Å². The highest BCUT2D eigenvalue weighted by Crippen LogP contribution is 2.28. The van der Waals surface area contributed by atoms with Crippen LogP contribution in [0.5, 0.6) is 0 Å². The molecule has 0 aliphatic heterocycles. The number of hydrogen-bond acceptors (Lipinski definition) is 1. The SMILES string of the molecule is CC(Cl)c1ccccc1NCc1ccc2c(c1)CCC2. The standard InChI is InChI=1S/C18H20ClN/c1-13(19)17-7-2-3-8-18(17)20-12-14-9-10-15-5-4-6-16(15)11-14/h2-3,7-11,13,20H,4-6,12H2,1H3. The van der Waals surface area contributed by atoms with E-state index in [-0.39, 0.29) is 5.38 Å². The molecule has 0 spiro atoms. The van der Waals surface area contributed by atoms with E-state index >= 15 is 0 Å². The first-order chi connectivity index (χ1) is 9.74. The van der Waals surface area contributed by atoms with E-state index in [1.165, 1.54) is 36.0 Å². The molecule has 1 nitrogen and oxygen atoms in total. The van der Waals surface area contributed by atoms with Gasteiger partial charge in [0.05, 0.1) is 5.38 Å². The van der Waals surface area contributed by atoms with Crippen LogP contribution in [0.1, 0.15) is 41.0 Å². The third kappa shape index (κ3) is 2.83. The number of para-hydroxylation sites is 1. The molecule has 0 bridgehead atoms. The average molecular weight is 286 g/mol. The molecule has 2 aromatic rings. The first-order valence-electron chi connectivity index (χ1n) is 7.31. The Balaban J connectivity index is 1.74. The molecule has 2 aromatic carbocycles. The molecule has 1 unspecified atom stereocenters. The van der Waals surface area contributed by atoms with Gasteiger partial charge in [0.2, 0.25) is 0 Å². The summed E-state index contributed by atoms with van der Waals surface area (Å²) in [7, 11) is 0. The molecule has 0 amide bonds. The molecule has 2 heteroatoms. The molecule has 0 saturated carbocycles. The van der Waals surface area contributed by atoms with Crippen molar-refractivity contribution >= 4 is 17.3 Å². The second-order valence-electron chi connectivity index (χ2n) is 5.51. The smallest absolute Gasteiger partial charge is 0.0577 e. The molecular weight excluding hydrogens is 266 g/mol. The third-order valence-electron chi connectivity index (χ3n) is 4.04. The molecule has 1 aliphatic rings. The van der Waals surface area contributed by atoms with Gasteiger partial charge in [-0.2, -0.15) is 0 Å². The molecule has 0 radical (unpaired) electrons. The van der Waals surface area contributed by atoms with Crippen LogP contribution in [-0.2, 0) is 19.4 Å². The fourth-order valence-electron chi connectivity index (χ4n) is 2.94. The summed E-state index contributed by atoms with van der Waals surface area (Å²) in [4.78, 5) is 0. The fraction of sp³-hybridized carbons (Fsp3) is 0.333. The maximum Gasteiger partial charge on any atom is 0.0577 e. The number of anilines is 1. The van der Waals surface area contributed by atoms with Crippen molar-refractivity contribution in [3.8, 4) is 0 Å². The van der Waals surface area contributed by atoms with Gasteiger partial charge >= 0.3 is 0 Å². The van der Waals surface area contributed by atoms with Gasteiger partial charge in [0.15, 0.2) is 0 Å². The average Bonchev–Trinajstić information content (AvgIpc) is 2.92. The van der Waals surface area contributed by atoms with Crippen LogP contribution < -0.4 is 5.32 Å². The van der Waals surface area contributed by atoms with Crippen LogP contribution in [0.2, 0.25) is 0 Å². The summed E-state index contributed by atoms with van der Waals surface area (Å²) in [6, 6.07) is 15.1. The Morgan fingerprint density at radius 2 is 1.90 bits per heavy atom. The Bertz CT molecular complexity index is 604. The van der Waals surface area contributed by atoms with Crippen LogP contribution in [0, 0.1) is 0 Å². The molecule has 0 aromatic heterocycles. The van der Waals surface area contributed by atoms with E-state index in [1.807, 2.05) is 19.1 Å². The molecule has 20 heavy (non-hydrogen) atoms. The van der Waals surface area contributed by atoms with Crippen LogP contribution in [0.4, 0.5) is 5.69 Å². The van der Waals surface area contributed by atoms with Crippen molar-refractivity contribution in [3.63, 3.8) is 0 Å². The Morgan fingerprint density at radius 3 is 2.75 bits per heavy atom. The van der Waals surface area contributed by atoms with E-state index in [1.54, 1.807) is 0 Å². The molecule has 104 valence electrons. The molecule has 0 heterocycles. The fourth-order valence-corrected chi connectivity index (χ4v) is 3.13. The van der Waals surface area contributed by atoms with E-state index in [0.29, 0.717) is 0 Å². The molecular formula is C18H20ClN. The predicted molar refractivity (Wildman–Crippen MR) is 86.5 cm³/mol. The molecule has 0 fully saturated rings. The van der Waals surface area contributed by atoms with Crippen molar-refractivity contribution in [3.05, 3.63) is 64.7 Å². The zero-order valence-corrected chi connectivity index (χ0v) is 12.6. The summed E-state index contributed by atoms with van der Waals surface area (Å²) in [6.45, 7) is 2.87. The first kappa shape index (κ1) is 13.5. The number of hydrogen-bond donors (Lipinski definition) is 1. The molecule has 0 saturated heterocycles. The minimum Gasteiger partial charge on any atom is -0.381 e. The van der Waals surface area contributed by atoms with Gasteiger partial charge in [-0.3, -0.25) is 0 Å². The van der Waals surface area contributed by atoms with Crippen LogP contribution in [-0.4, -0.2) is 0 Å². The van der Waals surface area contributed by atoms with Crippen molar-refractivity contribution in [1.82, 2.24) is 0 Å². The highest BCUT2D eigenvalue weighted by atomic mass is 35.5. The first-order valence-corrected chi connectivity index (χ1v) is 7.75. The van der Waals surface area contributed by atoms with Gasteiger partial charge in [0.1, 0.15) is 0 Å². The maximum atomic E-state index is 6.23. The van der Waals surface area contributed by atoms with Crippen molar-refractivity contribution in [2.75, 3.05) is 5.32 Å². The van der Waals surface area contributed by atoms with Gasteiger partial charge in [0.25, 0.3) is 0 Å². The van der Waals surface area contributed by atoms with E-state index in [4.69, 9.17) is 11.6 Å². The summed E-state index contributed by atoms with van der Waals surface area (Å²) in [5, 5.41) is 3.54. The van der Waals surface area contributed by atoms with Crippen molar-refractivity contribution in [1.29, 1.82) is 0 Å². The largest absolute Gasteiger partial charge is 0.381 e. The third-order valence-corrected chi connectivity index (χ3v) is 4.27. The van der Waals surface area contributed by atoms with Gasteiger partial charge in [-0.25, -0.2) is 0 Å². The zero-order valence-electron chi connectivity index (χ0n) is 11.8. The lowest BCUT2D eigenvalue weighted by atomic mass is 10.1. The van der Waals surface area contributed by atoms with Gasteiger partial charge in [-0.1, -0.05) is 36.4 Å². The summed E-state index contributed by atoms with van der Waals surface area (Å²) in [5.41, 5.74) is 6.71. The quantitative estimate of drug-likeness (QED) is 0.772. The second-order valence-corrected chi connectivity index (χ2v) is 6.17.